The number of benzene rings is 2. The Labute approximate surface area is 172 Å². The zero-order valence-electron chi connectivity index (χ0n) is 16.7. The molecule has 0 bridgehead atoms. The van der Waals surface area contributed by atoms with E-state index in [0.29, 0.717) is 18.9 Å². The van der Waals surface area contributed by atoms with Gasteiger partial charge < -0.3 is 19.9 Å². The summed E-state index contributed by atoms with van der Waals surface area (Å²) in [5.74, 6) is 0.142. The van der Waals surface area contributed by atoms with E-state index in [9.17, 15) is 9.90 Å². The molecule has 1 saturated heterocycles. The second kappa shape index (κ2) is 9.42. The van der Waals surface area contributed by atoms with Gasteiger partial charge in [0.1, 0.15) is 5.75 Å². The van der Waals surface area contributed by atoms with Crippen molar-refractivity contribution in [3.63, 3.8) is 0 Å². The molecule has 5 heteroatoms. The third kappa shape index (κ3) is 4.98. The normalized spacial score (nSPS) is 19.5. The molecule has 0 unspecified atom stereocenters. The van der Waals surface area contributed by atoms with Gasteiger partial charge in [0.05, 0.1) is 18.6 Å². The summed E-state index contributed by atoms with van der Waals surface area (Å²) in [6.45, 7) is 2.63. The summed E-state index contributed by atoms with van der Waals surface area (Å²) in [5, 5.41) is 13.2. The van der Waals surface area contributed by atoms with Gasteiger partial charge in [-0.05, 0) is 60.4 Å². The molecule has 0 radical (unpaired) electrons. The van der Waals surface area contributed by atoms with E-state index in [0.717, 1.165) is 67.6 Å². The smallest absolute Gasteiger partial charge is 0.227 e. The minimum Gasteiger partial charge on any atom is -0.508 e. The second-order valence-corrected chi connectivity index (χ2v) is 7.95. The van der Waals surface area contributed by atoms with Crippen molar-refractivity contribution < 1.29 is 19.4 Å². The van der Waals surface area contributed by atoms with Crippen LogP contribution in [0.5, 0.6) is 5.75 Å². The highest BCUT2D eigenvalue weighted by molar-refractivity contribution is 5.84. The number of nitrogens with one attached hydrogen (secondary N) is 1. The molecule has 29 heavy (non-hydrogen) atoms. The van der Waals surface area contributed by atoms with Crippen LogP contribution in [0.4, 0.5) is 0 Å². The lowest BCUT2D eigenvalue weighted by Gasteiger charge is -2.25. The standard InChI is InChI=1S/C24H29NO4/c26-23-9-3-6-20-21(23)7-2-8-22(20)24(27)25-15-17-4-1-5-18(14-17)16-29-19-10-12-28-13-11-19/h1,3-6,9,14,19,22,26H,2,7-8,10-13,15-16H2,(H,25,27)/t22-/m0/s1. The monoisotopic (exact) mass is 395 g/mol. The number of phenols is 1. The van der Waals surface area contributed by atoms with E-state index in [2.05, 4.69) is 17.4 Å². The molecule has 1 heterocycles. The number of fused-ring (bicyclic) bond motifs is 1. The molecule has 4 rings (SSSR count). The van der Waals surface area contributed by atoms with Crippen LogP contribution >= 0.6 is 0 Å². The number of aromatic hydroxyl groups is 1. The Bertz CT molecular complexity index is 845. The number of amides is 1. The first-order valence-corrected chi connectivity index (χ1v) is 10.6. The van der Waals surface area contributed by atoms with Crippen LogP contribution in [0.3, 0.4) is 0 Å². The first kappa shape index (κ1) is 19.9. The first-order valence-electron chi connectivity index (χ1n) is 10.6. The topological polar surface area (TPSA) is 67.8 Å². The van der Waals surface area contributed by atoms with E-state index in [1.807, 2.05) is 24.3 Å². The fourth-order valence-electron chi connectivity index (χ4n) is 4.30. The van der Waals surface area contributed by atoms with Gasteiger partial charge in [0.25, 0.3) is 0 Å². The Morgan fingerprint density at radius 2 is 1.90 bits per heavy atom. The first-order chi connectivity index (χ1) is 14.2. The van der Waals surface area contributed by atoms with E-state index in [4.69, 9.17) is 9.47 Å². The molecule has 0 saturated carbocycles. The van der Waals surface area contributed by atoms with E-state index in [-0.39, 0.29) is 17.9 Å². The summed E-state index contributed by atoms with van der Waals surface area (Å²) in [6, 6.07) is 13.7. The summed E-state index contributed by atoms with van der Waals surface area (Å²) in [7, 11) is 0. The van der Waals surface area contributed by atoms with Crippen molar-refractivity contribution in [1.29, 1.82) is 0 Å². The highest BCUT2D eigenvalue weighted by atomic mass is 16.5. The summed E-state index contributed by atoms with van der Waals surface area (Å²) < 4.78 is 11.4. The van der Waals surface area contributed by atoms with Gasteiger partial charge in [-0.1, -0.05) is 36.4 Å². The molecular formula is C24H29NO4. The molecule has 5 nitrogen and oxygen atoms in total. The predicted octanol–water partition coefficient (Wildman–Crippen LogP) is 3.82. The minimum atomic E-state index is -0.189. The highest BCUT2D eigenvalue weighted by Gasteiger charge is 2.27. The Balaban J connectivity index is 1.33. The molecule has 2 aliphatic rings. The largest absolute Gasteiger partial charge is 0.508 e. The van der Waals surface area contributed by atoms with Gasteiger partial charge in [-0.2, -0.15) is 0 Å². The summed E-state index contributed by atoms with van der Waals surface area (Å²) in [6.07, 6.45) is 4.75. The van der Waals surface area contributed by atoms with E-state index >= 15 is 0 Å². The minimum absolute atomic E-state index is 0.0282. The van der Waals surface area contributed by atoms with E-state index < -0.39 is 0 Å². The van der Waals surface area contributed by atoms with Crippen LogP contribution in [0, 0.1) is 0 Å². The Hall–Kier alpha value is -2.37. The average Bonchev–Trinajstić information content (AvgIpc) is 2.77. The molecule has 1 amide bonds. The Kier molecular flexibility index (Phi) is 6.47. The van der Waals surface area contributed by atoms with Gasteiger partial charge in [0, 0.05) is 19.8 Å². The van der Waals surface area contributed by atoms with E-state index in [1.54, 1.807) is 6.07 Å². The number of ether oxygens (including phenoxy) is 2. The van der Waals surface area contributed by atoms with Crippen molar-refractivity contribution in [1.82, 2.24) is 5.32 Å². The van der Waals surface area contributed by atoms with Gasteiger partial charge in [-0.3, -0.25) is 4.79 Å². The maximum Gasteiger partial charge on any atom is 0.227 e. The molecule has 2 aromatic carbocycles. The average molecular weight is 395 g/mol. The Morgan fingerprint density at radius 3 is 2.76 bits per heavy atom. The SMILES string of the molecule is O=C(NCc1cccc(COC2CCOCC2)c1)[C@H]1CCCc2c(O)cccc21. The summed E-state index contributed by atoms with van der Waals surface area (Å²) in [4.78, 5) is 12.8. The maximum atomic E-state index is 12.8. The van der Waals surface area contributed by atoms with Gasteiger partial charge in [-0.15, -0.1) is 0 Å². The molecular weight excluding hydrogens is 366 g/mol. The molecule has 2 N–H and O–H groups in total. The summed E-state index contributed by atoms with van der Waals surface area (Å²) >= 11 is 0. The summed E-state index contributed by atoms with van der Waals surface area (Å²) in [5.41, 5.74) is 4.08. The van der Waals surface area contributed by atoms with Gasteiger partial charge in [-0.25, -0.2) is 0 Å². The van der Waals surface area contributed by atoms with Crippen LogP contribution in [0.15, 0.2) is 42.5 Å². The van der Waals surface area contributed by atoms with Crippen molar-refractivity contribution in [3.8, 4) is 5.75 Å². The lowest BCUT2D eigenvalue weighted by Crippen LogP contribution is -2.31. The molecule has 0 aromatic heterocycles. The Morgan fingerprint density at radius 1 is 1.10 bits per heavy atom. The third-order valence-corrected chi connectivity index (χ3v) is 5.91. The van der Waals surface area contributed by atoms with Crippen molar-refractivity contribution in [2.75, 3.05) is 13.2 Å². The zero-order valence-corrected chi connectivity index (χ0v) is 16.7. The number of hydrogen-bond donors (Lipinski definition) is 2. The molecule has 1 atom stereocenters. The molecule has 1 fully saturated rings. The molecule has 154 valence electrons. The number of carbonyl (C=O) groups is 1. The van der Waals surface area contributed by atoms with Crippen LogP contribution in [0.1, 0.15) is 53.9 Å². The molecule has 1 aliphatic carbocycles. The van der Waals surface area contributed by atoms with Crippen LogP contribution in [-0.4, -0.2) is 30.3 Å². The quantitative estimate of drug-likeness (QED) is 0.780. The van der Waals surface area contributed by atoms with E-state index in [1.165, 1.54) is 0 Å². The number of carbonyl (C=O) groups excluding carboxylic acids is 1. The van der Waals surface area contributed by atoms with Crippen LogP contribution in [0.2, 0.25) is 0 Å². The molecule has 2 aromatic rings. The fourth-order valence-corrected chi connectivity index (χ4v) is 4.30. The van der Waals surface area contributed by atoms with Crippen LogP contribution in [0.25, 0.3) is 0 Å². The van der Waals surface area contributed by atoms with Gasteiger partial charge in [0.15, 0.2) is 0 Å². The lowest BCUT2D eigenvalue weighted by molar-refractivity contribution is -0.123. The van der Waals surface area contributed by atoms with Crippen molar-refractivity contribution in [3.05, 3.63) is 64.7 Å². The maximum absolute atomic E-state index is 12.8. The molecule has 0 spiro atoms. The van der Waals surface area contributed by atoms with Crippen molar-refractivity contribution in [2.45, 2.75) is 57.3 Å². The fraction of sp³-hybridized carbons (Fsp3) is 0.458. The zero-order chi connectivity index (χ0) is 20.1. The van der Waals surface area contributed by atoms with Crippen LogP contribution < -0.4 is 5.32 Å². The number of hydrogen-bond acceptors (Lipinski definition) is 4. The second-order valence-electron chi connectivity index (χ2n) is 7.95. The molecule has 1 aliphatic heterocycles. The van der Waals surface area contributed by atoms with Crippen molar-refractivity contribution >= 4 is 5.91 Å². The number of phenolic OH excluding ortho intramolecular Hbond substituents is 1. The lowest BCUT2D eigenvalue weighted by atomic mass is 9.82. The third-order valence-electron chi connectivity index (χ3n) is 5.91. The van der Waals surface area contributed by atoms with Gasteiger partial charge >= 0.3 is 0 Å². The van der Waals surface area contributed by atoms with Gasteiger partial charge in [0.2, 0.25) is 5.91 Å². The predicted molar refractivity (Wildman–Crippen MR) is 111 cm³/mol. The van der Waals surface area contributed by atoms with Crippen LogP contribution in [-0.2, 0) is 33.8 Å². The number of rotatable bonds is 6. The van der Waals surface area contributed by atoms with Crippen molar-refractivity contribution in [2.24, 2.45) is 0 Å². The highest BCUT2D eigenvalue weighted by Crippen LogP contribution is 2.36.